The first-order valence-electron chi connectivity index (χ1n) is 16.4. The first-order chi connectivity index (χ1) is 24.0. The molecule has 3 rings (SSSR count). The zero-order chi connectivity index (χ0) is 37.9. The summed E-state index contributed by atoms with van der Waals surface area (Å²) in [5.74, 6) is -5.88. The molecular formula is C36H45F2N5O8. The Balaban J connectivity index is 1.82. The van der Waals surface area contributed by atoms with E-state index in [1.165, 1.54) is 4.90 Å². The van der Waals surface area contributed by atoms with Crippen molar-refractivity contribution in [1.29, 1.82) is 0 Å². The second-order valence-electron chi connectivity index (χ2n) is 13.2. The molecule has 0 saturated carbocycles. The van der Waals surface area contributed by atoms with Crippen LogP contribution in [-0.4, -0.2) is 86.2 Å². The van der Waals surface area contributed by atoms with Gasteiger partial charge in [0.1, 0.15) is 24.3 Å². The maximum absolute atomic E-state index is 15.0. The lowest BCUT2D eigenvalue weighted by Gasteiger charge is -2.41. The zero-order valence-corrected chi connectivity index (χ0v) is 28.8. The molecule has 1 heterocycles. The standard InChI is InChI=1S/C36H45F2N5O8/c1-36(2,3)33(29-17-23(25-18-24(37)9-10-26(25)38)20-42(29)19-22-7-5-4-6-8-22)43(31(46)21-44)16-14-27(39)34(49)40-15-13-30(45)41-28(35(50)51)11-12-32(47)48/h4-10,17-18,20,27-28,33,44H,11-16,19,21,39H2,1-3H3,(H,40,49)(H,41,45)(H,47,48)(H,50,51). The number of carboxylic acid groups (broad SMARTS) is 2. The second-order valence-corrected chi connectivity index (χ2v) is 13.2. The second kappa shape index (κ2) is 18.2. The van der Waals surface area contributed by atoms with E-state index in [2.05, 4.69) is 10.6 Å². The van der Waals surface area contributed by atoms with Gasteiger partial charge in [-0.2, -0.15) is 0 Å². The van der Waals surface area contributed by atoms with E-state index in [1.807, 2.05) is 55.7 Å². The SMILES string of the molecule is CC(C)(C)C(c1cc(-c2cc(F)ccc2F)cn1Cc1ccccc1)N(CCC(N)C(=O)NCCC(=O)NC(CCC(=O)O)C(=O)O)C(=O)CO. The number of hydrogen-bond donors (Lipinski definition) is 6. The summed E-state index contributed by atoms with van der Waals surface area (Å²) in [7, 11) is 0. The third-order valence-corrected chi connectivity index (χ3v) is 8.18. The molecule has 13 nitrogen and oxygen atoms in total. The molecule has 0 saturated heterocycles. The summed E-state index contributed by atoms with van der Waals surface area (Å²) in [4.78, 5) is 62.0. The Bertz CT molecular complexity index is 1690. The highest BCUT2D eigenvalue weighted by Gasteiger charge is 2.37. The van der Waals surface area contributed by atoms with Gasteiger partial charge in [-0.1, -0.05) is 51.1 Å². The highest BCUT2D eigenvalue weighted by atomic mass is 19.1. The maximum Gasteiger partial charge on any atom is 0.326 e. The third kappa shape index (κ3) is 11.7. The summed E-state index contributed by atoms with van der Waals surface area (Å²) in [6, 6.07) is 10.9. The number of nitrogens with zero attached hydrogens (tertiary/aromatic N) is 2. The number of amides is 3. The van der Waals surface area contributed by atoms with Crippen LogP contribution in [0.2, 0.25) is 0 Å². The highest BCUT2D eigenvalue weighted by molar-refractivity contribution is 5.85. The largest absolute Gasteiger partial charge is 0.481 e. The lowest BCUT2D eigenvalue weighted by atomic mass is 9.82. The minimum absolute atomic E-state index is 0.0295. The van der Waals surface area contributed by atoms with Crippen LogP contribution in [0.5, 0.6) is 0 Å². The van der Waals surface area contributed by atoms with Crippen molar-refractivity contribution in [3.05, 3.63) is 83.7 Å². The van der Waals surface area contributed by atoms with Crippen LogP contribution in [0.15, 0.2) is 60.8 Å². The Morgan fingerprint density at radius 3 is 2.25 bits per heavy atom. The number of nitrogens with two attached hydrogens (primary N) is 1. The van der Waals surface area contributed by atoms with E-state index in [9.17, 15) is 43.0 Å². The number of nitrogens with one attached hydrogen (secondary N) is 2. The predicted molar refractivity (Wildman–Crippen MR) is 183 cm³/mol. The molecule has 0 aliphatic carbocycles. The van der Waals surface area contributed by atoms with E-state index < -0.39 is 77.9 Å². The molecule has 7 N–H and O–H groups in total. The molecule has 51 heavy (non-hydrogen) atoms. The molecule has 0 radical (unpaired) electrons. The minimum Gasteiger partial charge on any atom is -0.481 e. The van der Waals surface area contributed by atoms with Gasteiger partial charge in [-0.15, -0.1) is 0 Å². The molecule has 1 aromatic heterocycles. The first kappa shape index (κ1) is 40.3. The Labute approximate surface area is 294 Å². The molecule has 3 atom stereocenters. The summed E-state index contributed by atoms with van der Waals surface area (Å²) in [6.07, 6.45) is 0.549. The molecular weight excluding hydrogens is 668 g/mol. The molecule has 2 aromatic carbocycles. The molecule has 0 spiro atoms. The number of halogens is 2. The van der Waals surface area contributed by atoms with Gasteiger partial charge in [-0.25, -0.2) is 13.6 Å². The fourth-order valence-electron chi connectivity index (χ4n) is 5.73. The van der Waals surface area contributed by atoms with Crippen LogP contribution < -0.4 is 16.4 Å². The fraction of sp³-hybridized carbons (Fsp3) is 0.417. The number of carboxylic acids is 2. The van der Waals surface area contributed by atoms with E-state index in [0.29, 0.717) is 17.8 Å². The summed E-state index contributed by atoms with van der Waals surface area (Å²) in [6.45, 7) is 4.84. The normalized spacial score (nSPS) is 13.2. The molecule has 0 aliphatic heterocycles. The molecule has 276 valence electrons. The molecule has 15 heteroatoms. The summed E-state index contributed by atoms with van der Waals surface area (Å²) >= 11 is 0. The van der Waals surface area contributed by atoms with Crippen LogP contribution in [0, 0.1) is 17.0 Å². The number of rotatable bonds is 18. The number of benzene rings is 2. The molecule has 0 bridgehead atoms. The minimum atomic E-state index is -1.41. The van der Waals surface area contributed by atoms with Gasteiger partial charge < -0.3 is 41.2 Å². The zero-order valence-electron chi connectivity index (χ0n) is 28.8. The Morgan fingerprint density at radius 2 is 1.65 bits per heavy atom. The molecule has 3 aromatic rings. The molecule has 3 unspecified atom stereocenters. The number of carbonyl (C=O) groups is 5. The topological polar surface area (TPSA) is 204 Å². The van der Waals surface area contributed by atoms with Crippen molar-refractivity contribution in [2.24, 2.45) is 11.1 Å². The predicted octanol–water partition coefficient (Wildman–Crippen LogP) is 3.05. The number of aliphatic carboxylic acids is 2. The quantitative estimate of drug-likeness (QED) is 0.115. The van der Waals surface area contributed by atoms with Gasteiger partial charge in [0, 0.05) is 55.5 Å². The van der Waals surface area contributed by atoms with Crippen molar-refractivity contribution in [3.63, 3.8) is 0 Å². The van der Waals surface area contributed by atoms with E-state index in [1.54, 1.807) is 12.3 Å². The lowest BCUT2D eigenvalue weighted by molar-refractivity contribution is -0.143. The van der Waals surface area contributed by atoms with Crippen molar-refractivity contribution in [3.8, 4) is 11.1 Å². The maximum atomic E-state index is 15.0. The Kier molecular flexibility index (Phi) is 14.4. The number of aliphatic hydroxyl groups is 1. The average molecular weight is 714 g/mol. The number of aliphatic hydroxyl groups excluding tert-OH is 1. The molecule has 0 fully saturated rings. The van der Waals surface area contributed by atoms with E-state index in [4.69, 9.17) is 10.8 Å². The number of carbonyl (C=O) groups excluding carboxylic acids is 3. The van der Waals surface area contributed by atoms with Gasteiger partial charge in [0.05, 0.1) is 12.1 Å². The smallest absolute Gasteiger partial charge is 0.326 e. The molecule has 0 aliphatic rings. The van der Waals surface area contributed by atoms with Crippen molar-refractivity contribution in [2.75, 3.05) is 19.7 Å². The fourth-order valence-corrected chi connectivity index (χ4v) is 5.73. The van der Waals surface area contributed by atoms with Crippen LogP contribution in [0.1, 0.15) is 63.8 Å². The third-order valence-electron chi connectivity index (χ3n) is 8.18. The van der Waals surface area contributed by atoms with Crippen LogP contribution in [0.25, 0.3) is 11.1 Å². The molecule has 3 amide bonds. The van der Waals surface area contributed by atoms with Gasteiger partial charge in [0.15, 0.2) is 0 Å². The van der Waals surface area contributed by atoms with Crippen LogP contribution in [0.4, 0.5) is 8.78 Å². The highest BCUT2D eigenvalue weighted by Crippen LogP contribution is 2.41. The lowest BCUT2D eigenvalue weighted by Crippen LogP contribution is -2.48. The van der Waals surface area contributed by atoms with Crippen molar-refractivity contribution in [1.82, 2.24) is 20.1 Å². The summed E-state index contributed by atoms with van der Waals surface area (Å²) in [5, 5.41) is 32.8. The Morgan fingerprint density at radius 1 is 0.961 bits per heavy atom. The van der Waals surface area contributed by atoms with E-state index in [0.717, 1.165) is 23.8 Å². The summed E-state index contributed by atoms with van der Waals surface area (Å²) in [5.41, 5.74) is 7.36. The number of aromatic nitrogens is 1. The van der Waals surface area contributed by atoms with Crippen molar-refractivity contribution < 1.29 is 48.1 Å². The van der Waals surface area contributed by atoms with E-state index in [-0.39, 0.29) is 37.9 Å². The first-order valence-corrected chi connectivity index (χ1v) is 16.4. The van der Waals surface area contributed by atoms with Crippen LogP contribution in [0.3, 0.4) is 0 Å². The van der Waals surface area contributed by atoms with Gasteiger partial charge in [-0.3, -0.25) is 19.2 Å². The van der Waals surface area contributed by atoms with Gasteiger partial charge in [0.25, 0.3) is 0 Å². The van der Waals surface area contributed by atoms with Crippen molar-refractivity contribution in [2.45, 2.75) is 71.1 Å². The van der Waals surface area contributed by atoms with Crippen LogP contribution >= 0.6 is 0 Å². The monoisotopic (exact) mass is 713 g/mol. The number of hydrogen-bond acceptors (Lipinski definition) is 7. The average Bonchev–Trinajstić information content (AvgIpc) is 3.47. The van der Waals surface area contributed by atoms with Gasteiger partial charge in [0.2, 0.25) is 17.7 Å². The van der Waals surface area contributed by atoms with Crippen LogP contribution in [-0.2, 0) is 30.5 Å². The van der Waals surface area contributed by atoms with Gasteiger partial charge in [-0.05, 0) is 48.1 Å². The van der Waals surface area contributed by atoms with Gasteiger partial charge >= 0.3 is 11.9 Å². The Hall–Kier alpha value is -5.15. The van der Waals surface area contributed by atoms with E-state index >= 15 is 0 Å². The summed E-state index contributed by atoms with van der Waals surface area (Å²) < 4.78 is 31.1. The van der Waals surface area contributed by atoms with Crippen molar-refractivity contribution >= 4 is 29.7 Å².